The number of nitrogens with one attached hydrogen (secondary N) is 1. The molecule has 1 aromatic heterocycles. The topological polar surface area (TPSA) is 76.4 Å². The Morgan fingerprint density at radius 3 is 2.88 bits per heavy atom. The molecule has 4 aromatic rings. The number of benzene rings is 3. The van der Waals surface area contributed by atoms with Gasteiger partial charge in [0.1, 0.15) is 5.75 Å². The van der Waals surface area contributed by atoms with Gasteiger partial charge in [0.05, 0.1) is 29.7 Å². The van der Waals surface area contributed by atoms with E-state index in [1.165, 1.54) is 11.1 Å². The molecule has 6 nitrogen and oxygen atoms in total. The van der Waals surface area contributed by atoms with Crippen molar-refractivity contribution in [2.45, 2.75) is 31.0 Å². The van der Waals surface area contributed by atoms with Crippen LogP contribution >= 0.6 is 11.8 Å². The largest absolute Gasteiger partial charge is 0.493 e. The summed E-state index contributed by atoms with van der Waals surface area (Å²) >= 11 is 1.64. The number of rotatable bonds is 7. The summed E-state index contributed by atoms with van der Waals surface area (Å²) in [5.74, 6) is -0.114. The fourth-order valence-corrected chi connectivity index (χ4v) is 5.01. The number of carboxylic acids is 1. The fraction of sp³-hybridized carbons (Fsp3) is 0.231. The molecule has 1 atom stereocenters. The van der Waals surface area contributed by atoms with Crippen molar-refractivity contribution in [2.75, 3.05) is 18.2 Å². The zero-order chi connectivity index (χ0) is 22.9. The molecule has 0 spiro atoms. The number of hydrogen-bond acceptors (Lipinski definition) is 5. The number of carboxylic acid groups (broad SMARTS) is 1. The third-order valence-electron chi connectivity index (χ3n) is 6.17. The van der Waals surface area contributed by atoms with Crippen LogP contribution in [0.1, 0.15) is 29.0 Å². The molecule has 168 valence electrons. The van der Waals surface area contributed by atoms with Crippen LogP contribution in [0.4, 0.5) is 5.69 Å². The lowest BCUT2D eigenvalue weighted by atomic mass is 9.98. The summed E-state index contributed by atoms with van der Waals surface area (Å²) in [6.45, 7) is 3.23. The molecule has 3 aromatic carbocycles. The van der Waals surface area contributed by atoms with Crippen LogP contribution < -0.4 is 10.1 Å². The van der Waals surface area contributed by atoms with Gasteiger partial charge in [0, 0.05) is 29.8 Å². The quantitative estimate of drug-likeness (QED) is 0.350. The van der Waals surface area contributed by atoms with Gasteiger partial charge in [-0.1, -0.05) is 42.1 Å². The molecule has 0 fully saturated rings. The highest BCUT2D eigenvalue weighted by Crippen LogP contribution is 2.38. The van der Waals surface area contributed by atoms with Gasteiger partial charge in [0.15, 0.2) is 5.16 Å². The third kappa shape index (κ3) is 4.04. The van der Waals surface area contributed by atoms with Crippen molar-refractivity contribution in [3.63, 3.8) is 0 Å². The van der Waals surface area contributed by atoms with Gasteiger partial charge in [0.2, 0.25) is 0 Å². The van der Waals surface area contributed by atoms with E-state index < -0.39 is 5.97 Å². The van der Waals surface area contributed by atoms with Crippen LogP contribution in [-0.4, -0.2) is 33.5 Å². The first-order valence-electron chi connectivity index (χ1n) is 10.9. The Morgan fingerprint density at radius 2 is 2.06 bits per heavy atom. The van der Waals surface area contributed by atoms with E-state index >= 15 is 0 Å². The molecule has 0 aliphatic carbocycles. The smallest absolute Gasteiger partial charge is 0.304 e. The molecule has 0 unspecified atom stereocenters. The maximum atomic E-state index is 11.1. The van der Waals surface area contributed by atoms with Crippen molar-refractivity contribution in [2.24, 2.45) is 0 Å². The average Bonchev–Trinajstić information content (AvgIpc) is 3.39. The second kappa shape index (κ2) is 8.83. The number of carbonyl (C=O) groups is 1. The monoisotopic (exact) mass is 459 g/mol. The first kappa shape index (κ1) is 21.4. The molecule has 33 heavy (non-hydrogen) atoms. The number of nitrogens with zero attached hydrogens (tertiary/aromatic N) is 2. The van der Waals surface area contributed by atoms with Crippen molar-refractivity contribution in [3.8, 4) is 11.4 Å². The number of anilines is 1. The van der Waals surface area contributed by atoms with E-state index in [1.54, 1.807) is 11.8 Å². The van der Waals surface area contributed by atoms with Gasteiger partial charge in [-0.3, -0.25) is 9.36 Å². The number of hydrogen-bond donors (Lipinski definition) is 2. The van der Waals surface area contributed by atoms with Crippen molar-refractivity contribution in [1.29, 1.82) is 0 Å². The number of thioether (sulfide) groups is 1. The molecule has 0 radical (unpaired) electrons. The maximum absolute atomic E-state index is 11.1. The molecule has 1 aliphatic heterocycles. The first-order valence-corrected chi connectivity index (χ1v) is 12.1. The summed E-state index contributed by atoms with van der Waals surface area (Å²) in [5, 5.41) is 13.6. The number of aliphatic carboxylic acids is 1. The summed E-state index contributed by atoms with van der Waals surface area (Å²) in [6, 6.07) is 20.5. The van der Waals surface area contributed by atoms with E-state index in [0.717, 1.165) is 38.9 Å². The standard InChI is InChI=1S/C26H25N3O3S/c1-16-17(14-27-19-10-11-20-18(12-25(30)31)15-32-24(20)13-19)6-5-9-22(16)29-23-8-4-3-7-21(23)28-26(29)33-2/h3-11,13,18,27H,12,14-15H2,1-2H3,(H,30,31)/t18-/m1/s1. The summed E-state index contributed by atoms with van der Waals surface area (Å²) < 4.78 is 7.97. The number of imidazole rings is 1. The minimum Gasteiger partial charge on any atom is -0.493 e. The van der Waals surface area contributed by atoms with Crippen LogP contribution in [0.2, 0.25) is 0 Å². The first-order chi connectivity index (χ1) is 16.0. The summed E-state index contributed by atoms with van der Waals surface area (Å²) in [4.78, 5) is 15.9. The molecule has 0 bridgehead atoms. The maximum Gasteiger partial charge on any atom is 0.304 e. The highest BCUT2D eigenvalue weighted by molar-refractivity contribution is 7.98. The van der Waals surface area contributed by atoms with Gasteiger partial charge >= 0.3 is 5.97 Å². The lowest BCUT2D eigenvalue weighted by Crippen LogP contribution is -2.07. The molecular formula is C26H25N3O3S. The zero-order valence-electron chi connectivity index (χ0n) is 18.5. The second-order valence-corrected chi connectivity index (χ2v) is 8.97. The molecule has 5 rings (SSSR count). The Morgan fingerprint density at radius 1 is 1.21 bits per heavy atom. The van der Waals surface area contributed by atoms with Crippen molar-refractivity contribution in [3.05, 3.63) is 77.4 Å². The zero-order valence-corrected chi connectivity index (χ0v) is 19.4. The third-order valence-corrected chi connectivity index (χ3v) is 6.81. The molecule has 2 N–H and O–H groups in total. The van der Waals surface area contributed by atoms with Gasteiger partial charge < -0.3 is 15.2 Å². The minimum atomic E-state index is -0.802. The number of para-hydroxylation sites is 2. The molecule has 2 heterocycles. The Bertz CT molecular complexity index is 1350. The SMILES string of the molecule is CSc1nc2ccccc2n1-c1cccc(CNc2ccc3c(c2)OC[C@H]3CC(=O)O)c1C. The highest BCUT2D eigenvalue weighted by Gasteiger charge is 2.26. The van der Waals surface area contributed by atoms with Gasteiger partial charge in [0.25, 0.3) is 0 Å². The van der Waals surface area contributed by atoms with Crippen LogP contribution in [0, 0.1) is 6.92 Å². The normalized spacial score (nSPS) is 14.8. The van der Waals surface area contributed by atoms with E-state index in [1.807, 2.05) is 36.4 Å². The van der Waals surface area contributed by atoms with E-state index in [9.17, 15) is 4.79 Å². The number of fused-ring (bicyclic) bond motifs is 2. The number of ether oxygens (including phenoxy) is 1. The van der Waals surface area contributed by atoms with Crippen LogP contribution in [-0.2, 0) is 11.3 Å². The number of aromatic nitrogens is 2. The lowest BCUT2D eigenvalue weighted by molar-refractivity contribution is -0.137. The van der Waals surface area contributed by atoms with E-state index in [-0.39, 0.29) is 12.3 Å². The Balaban J connectivity index is 1.40. The van der Waals surface area contributed by atoms with Crippen molar-refractivity contribution < 1.29 is 14.6 Å². The Labute approximate surface area is 196 Å². The summed E-state index contributed by atoms with van der Waals surface area (Å²) in [6.07, 6.45) is 2.14. The molecular weight excluding hydrogens is 434 g/mol. The predicted molar refractivity (Wildman–Crippen MR) is 132 cm³/mol. The van der Waals surface area contributed by atoms with Gasteiger partial charge in [-0.15, -0.1) is 0 Å². The second-order valence-electron chi connectivity index (χ2n) is 8.20. The summed E-state index contributed by atoms with van der Waals surface area (Å²) in [7, 11) is 0. The van der Waals surface area contributed by atoms with Gasteiger partial charge in [-0.2, -0.15) is 0 Å². The Kier molecular flexibility index (Phi) is 5.72. The van der Waals surface area contributed by atoms with Crippen LogP contribution in [0.25, 0.3) is 16.7 Å². The van der Waals surface area contributed by atoms with Crippen LogP contribution in [0.3, 0.4) is 0 Å². The van der Waals surface area contributed by atoms with Crippen LogP contribution in [0.5, 0.6) is 5.75 Å². The van der Waals surface area contributed by atoms with Crippen LogP contribution in [0.15, 0.2) is 65.8 Å². The highest BCUT2D eigenvalue weighted by atomic mass is 32.2. The lowest BCUT2D eigenvalue weighted by Gasteiger charge is -2.16. The minimum absolute atomic E-state index is 0.0823. The van der Waals surface area contributed by atoms with Crippen molar-refractivity contribution >= 4 is 34.5 Å². The molecule has 0 saturated carbocycles. The van der Waals surface area contributed by atoms with E-state index in [4.69, 9.17) is 14.8 Å². The molecule has 1 aliphatic rings. The molecule has 0 amide bonds. The van der Waals surface area contributed by atoms with E-state index in [0.29, 0.717) is 13.2 Å². The Hall–Kier alpha value is -3.45. The predicted octanol–water partition coefficient (Wildman–Crippen LogP) is 5.62. The molecule has 0 saturated heterocycles. The molecule has 7 heteroatoms. The summed E-state index contributed by atoms with van der Waals surface area (Å²) in [5.41, 5.74) is 7.53. The van der Waals surface area contributed by atoms with Gasteiger partial charge in [-0.25, -0.2) is 4.98 Å². The van der Waals surface area contributed by atoms with E-state index in [2.05, 4.69) is 47.3 Å². The average molecular weight is 460 g/mol. The van der Waals surface area contributed by atoms with Crippen molar-refractivity contribution in [1.82, 2.24) is 9.55 Å². The van der Waals surface area contributed by atoms with Gasteiger partial charge in [-0.05, 0) is 48.6 Å². The fourth-order valence-electron chi connectivity index (χ4n) is 4.44.